The van der Waals surface area contributed by atoms with Crippen molar-refractivity contribution in [1.29, 1.82) is 0 Å². The standard InChI is InChI=1S/C14H14N2S/c1-2-4-13(5-3-1)12-16-10-11-17-14-6-8-15-9-7-14/h1-9,12H,10-11H2. The van der Waals surface area contributed by atoms with Crippen molar-refractivity contribution in [2.24, 2.45) is 4.99 Å². The van der Waals surface area contributed by atoms with Gasteiger partial charge < -0.3 is 0 Å². The van der Waals surface area contributed by atoms with Crippen LogP contribution in [0.4, 0.5) is 0 Å². The van der Waals surface area contributed by atoms with Crippen molar-refractivity contribution < 1.29 is 0 Å². The second-order valence-corrected chi connectivity index (χ2v) is 4.65. The minimum atomic E-state index is 0.835. The zero-order valence-corrected chi connectivity index (χ0v) is 10.3. The first kappa shape index (κ1) is 11.9. The topological polar surface area (TPSA) is 25.2 Å². The van der Waals surface area contributed by atoms with Gasteiger partial charge in [-0.1, -0.05) is 30.3 Å². The molecule has 0 amide bonds. The van der Waals surface area contributed by atoms with E-state index in [1.165, 1.54) is 4.90 Å². The summed E-state index contributed by atoms with van der Waals surface area (Å²) >= 11 is 1.80. The number of hydrogen-bond donors (Lipinski definition) is 0. The molecular weight excluding hydrogens is 228 g/mol. The van der Waals surface area contributed by atoms with Gasteiger partial charge in [0.05, 0.1) is 0 Å². The van der Waals surface area contributed by atoms with E-state index in [1.54, 1.807) is 11.8 Å². The van der Waals surface area contributed by atoms with Crippen LogP contribution in [0.2, 0.25) is 0 Å². The molecule has 0 saturated heterocycles. The molecule has 0 radical (unpaired) electrons. The van der Waals surface area contributed by atoms with Crippen LogP contribution in [0.25, 0.3) is 0 Å². The summed E-state index contributed by atoms with van der Waals surface area (Å²) in [5.41, 5.74) is 1.15. The van der Waals surface area contributed by atoms with E-state index in [1.807, 2.05) is 48.9 Å². The van der Waals surface area contributed by atoms with Gasteiger partial charge in [-0.25, -0.2) is 0 Å². The van der Waals surface area contributed by atoms with E-state index in [2.05, 4.69) is 22.1 Å². The average Bonchev–Trinajstić information content (AvgIpc) is 2.41. The fourth-order valence-corrected chi connectivity index (χ4v) is 2.11. The maximum absolute atomic E-state index is 4.40. The van der Waals surface area contributed by atoms with Crippen molar-refractivity contribution >= 4 is 18.0 Å². The Hall–Kier alpha value is -1.61. The van der Waals surface area contributed by atoms with Crippen molar-refractivity contribution in [3.8, 4) is 0 Å². The molecule has 0 aliphatic carbocycles. The summed E-state index contributed by atoms with van der Waals surface area (Å²) in [5.74, 6) is 0.993. The molecule has 86 valence electrons. The fraction of sp³-hybridized carbons (Fsp3) is 0.143. The molecule has 1 aromatic heterocycles. The Kier molecular flexibility index (Phi) is 4.79. The summed E-state index contributed by atoms with van der Waals surface area (Å²) in [5, 5.41) is 0. The van der Waals surface area contributed by atoms with Gasteiger partial charge in [0.2, 0.25) is 0 Å². The Bertz CT molecular complexity index is 454. The van der Waals surface area contributed by atoms with Gasteiger partial charge in [-0.15, -0.1) is 11.8 Å². The lowest BCUT2D eigenvalue weighted by atomic mass is 10.2. The molecule has 3 heteroatoms. The van der Waals surface area contributed by atoms with Gasteiger partial charge in [0.1, 0.15) is 0 Å². The van der Waals surface area contributed by atoms with Crippen molar-refractivity contribution in [1.82, 2.24) is 4.98 Å². The maximum Gasteiger partial charge on any atom is 0.0483 e. The van der Waals surface area contributed by atoms with E-state index >= 15 is 0 Å². The number of thioether (sulfide) groups is 1. The lowest BCUT2D eigenvalue weighted by molar-refractivity contribution is 1.15. The third-order valence-corrected chi connectivity index (χ3v) is 3.17. The summed E-state index contributed by atoms with van der Waals surface area (Å²) in [7, 11) is 0. The first-order valence-electron chi connectivity index (χ1n) is 5.53. The van der Waals surface area contributed by atoms with Crippen molar-refractivity contribution in [3.63, 3.8) is 0 Å². The van der Waals surface area contributed by atoms with Crippen LogP contribution >= 0.6 is 11.8 Å². The van der Waals surface area contributed by atoms with E-state index in [0.717, 1.165) is 17.9 Å². The highest BCUT2D eigenvalue weighted by Gasteiger charge is 1.91. The lowest BCUT2D eigenvalue weighted by Crippen LogP contribution is -1.87. The smallest absolute Gasteiger partial charge is 0.0483 e. The molecule has 0 bridgehead atoms. The summed E-state index contributed by atoms with van der Waals surface area (Å²) in [4.78, 5) is 9.63. The van der Waals surface area contributed by atoms with Crippen molar-refractivity contribution in [2.45, 2.75) is 4.90 Å². The number of pyridine rings is 1. The molecule has 0 spiro atoms. The lowest BCUT2D eigenvalue weighted by Gasteiger charge is -1.97. The van der Waals surface area contributed by atoms with E-state index in [0.29, 0.717) is 0 Å². The molecular formula is C14H14N2S. The SMILES string of the molecule is C(=NCCSc1ccncc1)c1ccccc1. The van der Waals surface area contributed by atoms with Crippen LogP contribution in [-0.4, -0.2) is 23.5 Å². The minimum Gasteiger partial charge on any atom is -0.292 e. The number of aliphatic imine (C=N–C) groups is 1. The Morgan fingerprint density at radius 3 is 2.59 bits per heavy atom. The van der Waals surface area contributed by atoms with Gasteiger partial charge in [-0.05, 0) is 17.7 Å². The number of hydrogen-bond acceptors (Lipinski definition) is 3. The Morgan fingerprint density at radius 1 is 1.06 bits per heavy atom. The van der Waals surface area contributed by atoms with Gasteiger partial charge in [0.15, 0.2) is 0 Å². The average molecular weight is 242 g/mol. The second-order valence-electron chi connectivity index (χ2n) is 3.48. The summed E-state index contributed by atoms with van der Waals surface area (Å²) in [6.07, 6.45) is 5.55. The van der Waals surface area contributed by atoms with Crippen LogP contribution in [-0.2, 0) is 0 Å². The molecule has 2 rings (SSSR count). The quantitative estimate of drug-likeness (QED) is 0.456. The minimum absolute atomic E-state index is 0.835. The Morgan fingerprint density at radius 2 is 1.82 bits per heavy atom. The van der Waals surface area contributed by atoms with Gasteiger partial charge in [0, 0.05) is 35.8 Å². The molecule has 0 saturated carbocycles. The number of aromatic nitrogens is 1. The summed E-state index contributed by atoms with van der Waals surface area (Å²) < 4.78 is 0. The third kappa shape index (κ3) is 4.41. The molecule has 0 N–H and O–H groups in total. The van der Waals surface area contributed by atoms with Crippen molar-refractivity contribution in [2.75, 3.05) is 12.3 Å². The molecule has 2 aromatic rings. The predicted molar refractivity (Wildman–Crippen MR) is 73.9 cm³/mol. The van der Waals surface area contributed by atoms with Crippen LogP contribution in [0.15, 0.2) is 64.7 Å². The number of rotatable bonds is 5. The molecule has 17 heavy (non-hydrogen) atoms. The van der Waals surface area contributed by atoms with Crippen LogP contribution < -0.4 is 0 Å². The van der Waals surface area contributed by atoms with Crippen LogP contribution in [0, 0.1) is 0 Å². The highest BCUT2D eigenvalue weighted by molar-refractivity contribution is 7.99. The summed E-state index contributed by atoms with van der Waals surface area (Å²) in [6.45, 7) is 0.835. The van der Waals surface area contributed by atoms with E-state index in [4.69, 9.17) is 0 Å². The predicted octanol–water partition coefficient (Wildman–Crippen LogP) is 3.29. The normalized spacial score (nSPS) is 10.8. The highest BCUT2D eigenvalue weighted by atomic mass is 32.2. The third-order valence-electron chi connectivity index (χ3n) is 2.18. The van der Waals surface area contributed by atoms with E-state index < -0.39 is 0 Å². The van der Waals surface area contributed by atoms with Gasteiger partial charge in [-0.3, -0.25) is 9.98 Å². The van der Waals surface area contributed by atoms with Gasteiger partial charge in [-0.2, -0.15) is 0 Å². The number of benzene rings is 1. The largest absolute Gasteiger partial charge is 0.292 e. The molecule has 0 atom stereocenters. The molecule has 0 fully saturated rings. The van der Waals surface area contributed by atoms with Crippen LogP contribution in [0.5, 0.6) is 0 Å². The van der Waals surface area contributed by atoms with Gasteiger partial charge in [0.25, 0.3) is 0 Å². The Labute approximate surface area is 106 Å². The zero-order valence-electron chi connectivity index (χ0n) is 9.49. The molecule has 0 aliphatic rings. The number of nitrogens with zero attached hydrogens (tertiary/aromatic N) is 2. The molecule has 0 unspecified atom stereocenters. The molecule has 1 heterocycles. The highest BCUT2D eigenvalue weighted by Crippen LogP contribution is 2.15. The second kappa shape index (κ2) is 6.86. The first-order chi connectivity index (χ1) is 8.45. The maximum atomic E-state index is 4.40. The van der Waals surface area contributed by atoms with Crippen molar-refractivity contribution in [3.05, 3.63) is 60.4 Å². The Balaban J connectivity index is 1.72. The van der Waals surface area contributed by atoms with E-state index in [9.17, 15) is 0 Å². The summed E-state index contributed by atoms with van der Waals surface area (Å²) in [6, 6.07) is 14.2. The molecule has 0 aliphatic heterocycles. The molecule has 1 aromatic carbocycles. The van der Waals surface area contributed by atoms with E-state index in [-0.39, 0.29) is 0 Å². The monoisotopic (exact) mass is 242 g/mol. The molecule has 2 nitrogen and oxygen atoms in total. The van der Waals surface area contributed by atoms with Gasteiger partial charge >= 0.3 is 0 Å². The first-order valence-corrected chi connectivity index (χ1v) is 6.51. The zero-order chi connectivity index (χ0) is 11.8. The van der Waals surface area contributed by atoms with Crippen LogP contribution in [0.1, 0.15) is 5.56 Å². The fourth-order valence-electron chi connectivity index (χ4n) is 1.36. The van der Waals surface area contributed by atoms with Crippen LogP contribution in [0.3, 0.4) is 0 Å².